The second-order valence-corrected chi connectivity index (χ2v) is 5.60. The SMILES string of the molecule is Cc1nc(Cn2ccc(C(O)C(F)(F)F)c2)sc1C. The summed E-state index contributed by atoms with van der Waals surface area (Å²) in [5.74, 6) is 0. The first-order valence-electron chi connectivity index (χ1n) is 5.60. The monoisotopic (exact) mass is 290 g/mol. The molecule has 2 aromatic heterocycles. The second-order valence-electron chi connectivity index (χ2n) is 4.31. The zero-order valence-corrected chi connectivity index (χ0v) is 11.2. The van der Waals surface area contributed by atoms with E-state index < -0.39 is 12.3 Å². The van der Waals surface area contributed by atoms with Crippen molar-refractivity contribution in [1.29, 1.82) is 0 Å². The highest BCUT2D eigenvalue weighted by Gasteiger charge is 2.39. The van der Waals surface area contributed by atoms with Crippen LogP contribution in [0, 0.1) is 13.8 Å². The normalized spacial score (nSPS) is 13.8. The van der Waals surface area contributed by atoms with Crippen LogP contribution in [0.2, 0.25) is 0 Å². The van der Waals surface area contributed by atoms with Crippen molar-refractivity contribution < 1.29 is 18.3 Å². The molecule has 0 saturated carbocycles. The number of hydrogen-bond donors (Lipinski definition) is 1. The molecule has 104 valence electrons. The van der Waals surface area contributed by atoms with Crippen LogP contribution in [0.3, 0.4) is 0 Å². The fourth-order valence-corrected chi connectivity index (χ4v) is 2.61. The molecule has 0 fully saturated rings. The molecule has 19 heavy (non-hydrogen) atoms. The molecule has 0 saturated heterocycles. The Bertz CT molecular complexity index is 554. The zero-order chi connectivity index (χ0) is 14.2. The molecule has 0 aliphatic carbocycles. The Labute approximate surface area is 112 Å². The highest BCUT2D eigenvalue weighted by atomic mass is 32.1. The summed E-state index contributed by atoms with van der Waals surface area (Å²) in [6, 6.07) is 1.27. The van der Waals surface area contributed by atoms with Crippen molar-refractivity contribution >= 4 is 11.3 Å². The van der Waals surface area contributed by atoms with Gasteiger partial charge in [-0.15, -0.1) is 11.3 Å². The number of alkyl halides is 3. The van der Waals surface area contributed by atoms with E-state index >= 15 is 0 Å². The van der Waals surface area contributed by atoms with E-state index in [0.29, 0.717) is 6.54 Å². The molecular weight excluding hydrogens is 277 g/mol. The van der Waals surface area contributed by atoms with Gasteiger partial charge in [0.15, 0.2) is 6.10 Å². The van der Waals surface area contributed by atoms with E-state index in [9.17, 15) is 13.2 Å². The Kier molecular flexibility index (Phi) is 3.69. The summed E-state index contributed by atoms with van der Waals surface area (Å²) in [6.07, 6.45) is -4.27. The number of aryl methyl sites for hydroxylation is 2. The van der Waals surface area contributed by atoms with Gasteiger partial charge in [0.25, 0.3) is 0 Å². The fraction of sp³-hybridized carbons (Fsp3) is 0.417. The Morgan fingerprint density at radius 3 is 2.63 bits per heavy atom. The smallest absolute Gasteiger partial charge is 0.379 e. The molecule has 2 heterocycles. The van der Waals surface area contributed by atoms with Crippen molar-refractivity contribution in [2.75, 3.05) is 0 Å². The Balaban J connectivity index is 2.13. The third kappa shape index (κ3) is 3.16. The lowest BCUT2D eigenvalue weighted by Crippen LogP contribution is -2.19. The molecule has 0 aliphatic rings. The summed E-state index contributed by atoms with van der Waals surface area (Å²) in [5, 5.41) is 9.97. The van der Waals surface area contributed by atoms with Crippen LogP contribution in [0.15, 0.2) is 18.5 Å². The van der Waals surface area contributed by atoms with Crippen LogP contribution in [0.4, 0.5) is 13.2 Å². The topological polar surface area (TPSA) is 38.0 Å². The van der Waals surface area contributed by atoms with Gasteiger partial charge in [0.2, 0.25) is 0 Å². The quantitative estimate of drug-likeness (QED) is 0.942. The van der Waals surface area contributed by atoms with E-state index in [0.717, 1.165) is 15.6 Å². The van der Waals surface area contributed by atoms with Crippen LogP contribution in [0.5, 0.6) is 0 Å². The number of aromatic nitrogens is 2. The summed E-state index contributed by atoms with van der Waals surface area (Å²) >= 11 is 1.52. The molecule has 0 aliphatic heterocycles. The highest BCUT2D eigenvalue weighted by Crippen LogP contribution is 2.32. The minimum Gasteiger partial charge on any atom is -0.379 e. The van der Waals surface area contributed by atoms with Crippen molar-refractivity contribution in [2.45, 2.75) is 32.7 Å². The molecule has 0 amide bonds. The molecule has 2 rings (SSSR count). The largest absolute Gasteiger partial charge is 0.418 e. The van der Waals surface area contributed by atoms with Crippen molar-refractivity contribution in [1.82, 2.24) is 9.55 Å². The maximum absolute atomic E-state index is 12.4. The third-order valence-electron chi connectivity index (χ3n) is 2.79. The molecule has 3 nitrogen and oxygen atoms in total. The molecule has 0 radical (unpaired) electrons. The van der Waals surface area contributed by atoms with Crippen molar-refractivity contribution in [3.05, 3.63) is 39.6 Å². The molecular formula is C12H13F3N2OS. The summed E-state index contributed by atoms with van der Waals surface area (Å²) in [6.45, 7) is 4.25. The number of hydrogen-bond acceptors (Lipinski definition) is 3. The van der Waals surface area contributed by atoms with Crippen LogP contribution >= 0.6 is 11.3 Å². The first-order chi connectivity index (χ1) is 8.77. The average Bonchev–Trinajstić information content (AvgIpc) is 2.85. The maximum atomic E-state index is 12.4. The summed E-state index contributed by atoms with van der Waals surface area (Å²) in [4.78, 5) is 5.42. The minimum atomic E-state index is -4.64. The molecule has 2 aromatic rings. The first-order valence-corrected chi connectivity index (χ1v) is 6.42. The van der Waals surface area contributed by atoms with E-state index in [-0.39, 0.29) is 5.56 Å². The van der Waals surface area contributed by atoms with E-state index in [1.165, 1.54) is 29.8 Å². The Morgan fingerprint density at radius 2 is 2.11 bits per heavy atom. The van der Waals surface area contributed by atoms with Gasteiger partial charge in [-0.3, -0.25) is 0 Å². The van der Waals surface area contributed by atoms with Gasteiger partial charge in [0.1, 0.15) is 5.01 Å². The third-order valence-corrected chi connectivity index (χ3v) is 3.85. The lowest BCUT2D eigenvalue weighted by atomic mass is 10.2. The Morgan fingerprint density at radius 1 is 1.42 bits per heavy atom. The van der Waals surface area contributed by atoms with Crippen LogP contribution in [0.1, 0.15) is 27.2 Å². The number of aliphatic hydroxyl groups is 1. The first kappa shape index (κ1) is 14.1. The lowest BCUT2D eigenvalue weighted by molar-refractivity contribution is -0.206. The van der Waals surface area contributed by atoms with Gasteiger partial charge < -0.3 is 9.67 Å². The van der Waals surface area contributed by atoms with Gasteiger partial charge in [-0.05, 0) is 19.9 Å². The van der Waals surface area contributed by atoms with Crippen molar-refractivity contribution in [3.63, 3.8) is 0 Å². The number of aliphatic hydroxyl groups excluding tert-OH is 1. The van der Waals surface area contributed by atoms with E-state index in [1.54, 1.807) is 4.57 Å². The van der Waals surface area contributed by atoms with Crippen molar-refractivity contribution in [2.24, 2.45) is 0 Å². The number of thiazole rings is 1. The summed E-state index contributed by atoms with van der Waals surface area (Å²) in [5.41, 5.74) is 0.778. The minimum absolute atomic E-state index is 0.155. The standard InChI is InChI=1S/C12H13F3N2OS/c1-7-8(2)19-10(16-7)6-17-4-3-9(5-17)11(18)12(13,14)15/h3-5,11,18H,6H2,1-2H3. The molecule has 0 aromatic carbocycles. The lowest BCUT2D eigenvalue weighted by Gasteiger charge is -2.12. The van der Waals surface area contributed by atoms with Gasteiger partial charge in [-0.2, -0.15) is 13.2 Å². The average molecular weight is 290 g/mol. The second kappa shape index (κ2) is 4.97. The highest BCUT2D eigenvalue weighted by molar-refractivity contribution is 7.11. The van der Waals surface area contributed by atoms with Crippen LogP contribution < -0.4 is 0 Å². The number of halogens is 3. The fourth-order valence-electron chi connectivity index (χ4n) is 1.67. The van der Waals surface area contributed by atoms with Crippen LogP contribution in [0.25, 0.3) is 0 Å². The Hall–Kier alpha value is -1.34. The van der Waals surface area contributed by atoms with Crippen LogP contribution in [-0.4, -0.2) is 20.8 Å². The molecule has 0 bridgehead atoms. The van der Waals surface area contributed by atoms with Gasteiger partial charge in [-0.25, -0.2) is 4.98 Å². The van der Waals surface area contributed by atoms with Crippen molar-refractivity contribution in [3.8, 4) is 0 Å². The van der Waals surface area contributed by atoms with Gasteiger partial charge in [-0.1, -0.05) is 0 Å². The molecule has 1 unspecified atom stereocenters. The van der Waals surface area contributed by atoms with E-state index in [2.05, 4.69) is 4.98 Å². The molecule has 1 atom stereocenters. The zero-order valence-electron chi connectivity index (χ0n) is 10.4. The van der Waals surface area contributed by atoms with E-state index in [1.807, 2.05) is 13.8 Å². The number of nitrogens with zero attached hydrogens (tertiary/aromatic N) is 2. The summed E-state index contributed by atoms with van der Waals surface area (Å²) in [7, 11) is 0. The maximum Gasteiger partial charge on any atom is 0.418 e. The van der Waals surface area contributed by atoms with Gasteiger partial charge >= 0.3 is 6.18 Å². The molecule has 1 N–H and O–H groups in total. The predicted octanol–water partition coefficient (Wildman–Crippen LogP) is 3.21. The molecule has 0 spiro atoms. The predicted molar refractivity (Wildman–Crippen MR) is 66.1 cm³/mol. The number of rotatable bonds is 3. The van der Waals surface area contributed by atoms with Gasteiger partial charge in [0.05, 0.1) is 12.2 Å². The van der Waals surface area contributed by atoms with Gasteiger partial charge in [0, 0.05) is 22.8 Å². The summed E-state index contributed by atoms with van der Waals surface area (Å²) < 4.78 is 38.7. The van der Waals surface area contributed by atoms with E-state index in [4.69, 9.17) is 5.11 Å². The molecule has 7 heteroatoms. The van der Waals surface area contributed by atoms with Crippen LogP contribution in [-0.2, 0) is 6.54 Å².